The second kappa shape index (κ2) is 5.56. The van der Waals surface area contributed by atoms with E-state index in [-0.39, 0.29) is 0 Å². The van der Waals surface area contributed by atoms with Crippen LogP contribution in [-0.2, 0) is 6.42 Å². The van der Waals surface area contributed by atoms with Crippen LogP contribution in [0.2, 0.25) is 0 Å². The molecule has 0 saturated carbocycles. The molecule has 1 N–H and O–H groups in total. The summed E-state index contributed by atoms with van der Waals surface area (Å²) in [5.74, 6) is -0.642. The van der Waals surface area contributed by atoms with Crippen LogP contribution in [0.25, 0.3) is 5.69 Å². The van der Waals surface area contributed by atoms with Gasteiger partial charge in [-0.2, -0.15) is 5.10 Å². The number of ether oxygens (including phenoxy) is 1. The van der Waals surface area contributed by atoms with Gasteiger partial charge in [0.15, 0.2) is 0 Å². The molecule has 0 spiro atoms. The summed E-state index contributed by atoms with van der Waals surface area (Å²) in [5, 5.41) is 12.9. The summed E-state index contributed by atoms with van der Waals surface area (Å²) in [7, 11) is 1.56. The summed E-state index contributed by atoms with van der Waals surface area (Å²) in [5.41, 5.74) is 0.0566. The predicted octanol–water partition coefficient (Wildman–Crippen LogP) is 1.50. The van der Waals surface area contributed by atoms with Crippen LogP contribution >= 0.6 is 0 Å². The van der Waals surface area contributed by atoms with E-state index in [2.05, 4.69) is 5.10 Å². The Morgan fingerprint density at radius 3 is 2.50 bits per heavy atom. The van der Waals surface area contributed by atoms with Crippen molar-refractivity contribution in [1.29, 1.82) is 0 Å². The molecule has 6 heteroatoms. The van der Waals surface area contributed by atoms with Crippen LogP contribution in [0.1, 0.15) is 23.0 Å². The van der Waals surface area contributed by atoms with Gasteiger partial charge in [0.25, 0.3) is 0 Å². The lowest BCUT2D eigenvalue weighted by Crippen LogP contribution is -2.24. The minimum atomic E-state index is -1.33. The average Bonchev–Trinajstić information content (AvgIpc) is 2.47. The Morgan fingerprint density at radius 2 is 2.00 bits per heavy atom. The van der Waals surface area contributed by atoms with Gasteiger partial charge in [0.05, 0.1) is 12.8 Å². The zero-order valence-corrected chi connectivity index (χ0v) is 11.2. The Morgan fingerprint density at radius 1 is 1.35 bits per heavy atom. The third kappa shape index (κ3) is 2.54. The number of aryl methyl sites for hydroxylation is 1. The van der Waals surface area contributed by atoms with E-state index in [0.717, 1.165) is 0 Å². The standard InChI is InChI=1S/C14H14N2O4/c1-3-9-8-16(15-12(13(9)17)14(18)19)10-4-6-11(20-2)7-5-10/h4-8H,3H2,1-2H3,(H,18,19). The van der Waals surface area contributed by atoms with E-state index in [4.69, 9.17) is 9.84 Å². The highest BCUT2D eigenvalue weighted by Gasteiger charge is 2.15. The lowest BCUT2D eigenvalue weighted by molar-refractivity contribution is 0.0686. The molecule has 2 aromatic rings. The van der Waals surface area contributed by atoms with Gasteiger partial charge in [-0.1, -0.05) is 6.92 Å². The van der Waals surface area contributed by atoms with Gasteiger partial charge in [0, 0.05) is 11.8 Å². The molecule has 0 radical (unpaired) electrons. The number of benzene rings is 1. The van der Waals surface area contributed by atoms with Gasteiger partial charge in [-0.05, 0) is 30.7 Å². The predicted molar refractivity (Wildman–Crippen MR) is 72.7 cm³/mol. The molecule has 0 aliphatic carbocycles. The number of rotatable bonds is 4. The molecule has 0 bridgehead atoms. The van der Waals surface area contributed by atoms with Crippen LogP contribution in [0.4, 0.5) is 0 Å². The van der Waals surface area contributed by atoms with Crippen molar-refractivity contribution in [3.05, 3.63) is 51.9 Å². The third-order valence-electron chi connectivity index (χ3n) is 2.91. The second-order valence-corrected chi connectivity index (χ2v) is 4.13. The quantitative estimate of drug-likeness (QED) is 0.913. The highest BCUT2D eigenvalue weighted by Crippen LogP contribution is 2.14. The molecule has 0 aliphatic heterocycles. The van der Waals surface area contributed by atoms with Crippen LogP contribution in [0, 0.1) is 0 Å². The second-order valence-electron chi connectivity index (χ2n) is 4.13. The number of carbonyl (C=O) groups is 1. The molecule has 20 heavy (non-hydrogen) atoms. The number of aromatic carboxylic acids is 1. The topological polar surface area (TPSA) is 81.4 Å². The van der Waals surface area contributed by atoms with Crippen molar-refractivity contribution in [3.8, 4) is 11.4 Å². The van der Waals surface area contributed by atoms with Crippen molar-refractivity contribution < 1.29 is 14.6 Å². The zero-order chi connectivity index (χ0) is 14.7. The fraction of sp³-hybridized carbons (Fsp3) is 0.214. The highest BCUT2D eigenvalue weighted by molar-refractivity contribution is 5.85. The number of aromatic nitrogens is 2. The largest absolute Gasteiger partial charge is 0.497 e. The van der Waals surface area contributed by atoms with Gasteiger partial charge in [-0.25, -0.2) is 9.48 Å². The molecule has 0 aliphatic rings. The molecular weight excluding hydrogens is 260 g/mol. The fourth-order valence-corrected chi connectivity index (χ4v) is 1.80. The number of hydrogen-bond acceptors (Lipinski definition) is 4. The van der Waals surface area contributed by atoms with Crippen LogP contribution in [0.3, 0.4) is 0 Å². The molecule has 2 rings (SSSR count). The molecule has 1 aromatic heterocycles. The van der Waals surface area contributed by atoms with Crippen molar-refractivity contribution in [1.82, 2.24) is 9.78 Å². The average molecular weight is 274 g/mol. The summed E-state index contributed by atoms with van der Waals surface area (Å²) in [6, 6.07) is 6.95. The first-order valence-corrected chi connectivity index (χ1v) is 6.07. The van der Waals surface area contributed by atoms with Crippen molar-refractivity contribution >= 4 is 5.97 Å². The Bertz CT molecular complexity index is 689. The van der Waals surface area contributed by atoms with E-state index < -0.39 is 17.1 Å². The zero-order valence-electron chi connectivity index (χ0n) is 11.2. The lowest BCUT2D eigenvalue weighted by atomic mass is 10.2. The summed E-state index contributed by atoms with van der Waals surface area (Å²) in [6.45, 7) is 1.79. The summed E-state index contributed by atoms with van der Waals surface area (Å²) in [4.78, 5) is 22.9. The van der Waals surface area contributed by atoms with E-state index >= 15 is 0 Å². The van der Waals surface area contributed by atoms with Crippen molar-refractivity contribution in [2.24, 2.45) is 0 Å². The van der Waals surface area contributed by atoms with E-state index in [1.54, 1.807) is 44.5 Å². The van der Waals surface area contributed by atoms with Crippen LogP contribution in [-0.4, -0.2) is 28.0 Å². The molecular formula is C14H14N2O4. The molecule has 6 nitrogen and oxygen atoms in total. The number of methoxy groups -OCH3 is 1. The molecule has 104 valence electrons. The summed E-state index contributed by atoms with van der Waals surface area (Å²) >= 11 is 0. The Labute approximate surface area is 115 Å². The van der Waals surface area contributed by atoms with Crippen molar-refractivity contribution in [3.63, 3.8) is 0 Å². The Kier molecular flexibility index (Phi) is 3.84. The lowest BCUT2D eigenvalue weighted by Gasteiger charge is -2.09. The van der Waals surface area contributed by atoms with Crippen molar-refractivity contribution in [2.75, 3.05) is 7.11 Å². The maximum absolute atomic E-state index is 11.8. The normalized spacial score (nSPS) is 10.3. The van der Waals surface area contributed by atoms with Crippen LogP contribution in [0.5, 0.6) is 5.75 Å². The van der Waals surface area contributed by atoms with Crippen molar-refractivity contribution in [2.45, 2.75) is 13.3 Å². The van der Waals surface area contributed by atoms with Gasteiger partial charge >= 0.3 is 5.97 Å². The fourth-order valence-electron chi connectivity index (χ4n) is 1.80. The van der Waals surface area contributed by atoms with Gasteiger partial charge < -0.3 is 9.84 Å². The number of carboxylic acid groups (broad SMARTS) is 1. The molecule has 0 atom stereocenters. The van der Waals surface area contributed by atoms with Gasteiger partial charge in [-0.3, -0.25) is 4.79 Å². The van der Waals surface area contributed by atoms with E-state index in [0.29, 0.717) is 23.4 Å². The van der Waals surface area contributed by atoms with E-state index in [1.165, 1.54) is 4.68 Å². The summed E-state index contributed by atoms with van der Waals surface area (Å²) < 4.78 is 6.45. The minimum absolute atomic E-state index is 0.410. The third-order valence-corrected chi connectivity index (χ3v) is 2.91. The first-order valence-electron chi connectivity index (χ1n) is 6.07. The molecule has 0 saturated heterocycles. The Balaban J connectivity index is 2.58. The summed E-state index contributed by atoms with van der Waals surface area (Å²) in [6.07, 6.45) is 1.99. The highest BCUT2D eigenvalue weighted by atomic mass is 16.5. The number of carboxylic acids is 1. The first kappa shape index (κ1) is 13.8. The maximum atomic E-state index is 11.8. The van der Waals surface area contributed by atoms with Gasteiger partial charge in [0.2, 0.25) is 11.1 Å². The molecule has 0 fully saturated rings. The van der Waals surface area contributed by atoms with E-state index in [9.17, 15) is 9.59 Å². The molecule has 1 aromatic carbocycles. The first-order chi connectivity index (χ1) is 9.56. The van der Waals surface area contributed by atoms with Crippen LogP contribution in [0.15, 0.2) is 35.3 Å². The minimum Gasteiger partial charge on any atom is -0.497 e. The van der Waals surface area contributed by atoms with Gasteiger partial charge in [-0.15, -0.1) is 0 Å². The van der Waals surface area contributed by atoms with Crippen LogP contribution < -0.4 is 10.2 Å². The maximum Gasteiger partial charge on any atom is 0.360 e. The molecule has 0 amide bonds. The number of nitrogens with zero attached hydrogens (tertiary/aromatic N) is 2. The molecule has 0 unspecified atom stereocenters. The monoisotopic (exact) mass is 274 g/mol. The SMILES string of the molecule is CCc1cn(-c2ccc(OC)cc2)nc(C(=O)O)c1=O. The Hall–Kier alpha value is -2.63. The molecule has 1 heterocycles. The van der Waals surface area contributed by atoms with E-state index in [1.807, 2.05) is 0 Å². The van der Waals surface area contributed by atoms with Gasteiger partial charge in [0.1, 0.15) is 5.75 Å². The number of hydrogen-bond donors (Lipinski definition) is 1. The smallest absolute Gasteiger partial charge is 0.360 e.